The first-order valence-electron chi connectivity index (χ1n) is 5.57. The average molecular weight is 281 g/mol. The minimum atomic E-state index is -1.52. The molecule has 0 heterocycles. The number of benzene rings is 1. The van der Waals surface area contributed by atoms with Crippen LogP contribution < -0.4 is 5.32 Å². The fraction of sp³-hybridized carbons (Fsp3) is 0.154. The molecule has 0 radical (unpaired) electrons. The standard InChI is InChI=1S/C13H12FNO5/c14-9-3-1-2-8(6-9)4-5-11(16)15-10(13(19)20)7-12(17)18/h1-6,10H,7H2,(H,15,16)(H,17,18)(H,19,20)/b5-4+. The largest absolute Gasteiger partial charge is 0.481 e. The number of carbonyl (C=O) groups is 3. The van der Waals surface area contributed by atoms with Crippen LogP contribution in [0.4, 0.5) is 4.39 Å². The Balaban J connectivity index is 2.66. The van der Waals surface area contributed by atoms with Crippen LogP contribution in [0.25, 0.3) is 6.08 Å². The van der Waals surface area contributed by atoms with Crippen molar-refractivity contribution in [1.82, 2.24) is 5.32 Å². The highest BCUT2D eigenvalue weighted by Gasteiger charge is 2.21. The van der Waals surface area contributed by atoms with Crippen molar-refractivity contribution in [3.05, 3.63) is 41.7 Å². The topological polar surface area (TPSA) is 104 Å². The normalized spacial score (nSPS) is 12.1. The summed E-state index contributed by atoms with van der Waals surface area (Å²) >= 11 is 0. The third kappa shape index (κ3) is 5.30. The minimum absolute atomic E-state index is 0.422. The lowest BCUT2D eigenvalue weighted by molar-refractivity contribution is -0.146. The fourth-order valence-electron chi connectivity index (χ4n) is 1.38. The van der Waals surface area contributed by atoms with Gasteiger partial charge in [0.25, 0.3) is 0 Å². The molecule has 1 unspecified atom stereocenters. The maximum absolute atomic E-state index is 12.9. The molecule has 0 saturated carbocycles. The third-order valence-corrected chi connectivity index (χ3v) is 2.27. The van der Waals surface area contributed by atoms with Gasteiger partial charge < -0.3 is 15.5 Å². The number of amides is 1. The number of hydrogen-bond donors (Lipinski definition) is 3. The molecular formula is C13H12FNO5. The average Bonchev–Trinajstić information content (AvgIpc) is 2.35. The van der Waals surface area contributed by atoms with Crippen LogP contribution in [0, 0.1) is 5.82 Å². The molecule has 7 heteroatoms. The van der Waals surface area contributed by atoms with Crippen molar-refractivity contribution < 1.29 is 29.0 Å². The van der Waals surface area contributed by atoms with E-state index in [1.54, 1.807) is 6.07 Å². The summed E-state index contributed by atoms with van der Waals surface area (Å²) in [5, 5.41) is 19.3. The van der Waals surface area contributed by atoms with Gasteiger partial charge in [0.15, 0.2) is 0 Å². The summed E-state index contributed by atoms with van der Waals surface area (Å²) in [5.41, 5.74) is 0.422. The van der Waals surface area contributed by atoms with Crippen LogP contribution in [0.1, 0.15) is 12.0 Å². The number of halogens is 1. The highest BCUT2D eigenvalue weighted by Crippen LogP contribution is 2.05. The summed E-state index contributed by atoms with van der Waals surface area (Å²) in [7, 11) is 0. The molecule has 0 aromatic heterocycles. The monoisotopic (exact) mass is 281 g/mol. The first-order valence-corrected chi connectivity index (χ1v) is 5.57. The van der Waals surface area contributed by atoms with Crippen LogP contribution in [0.3, 0.4) is 0 Å². The van der Waals surface area contributed by atoms with Crippen molar-refractivity contribution in [3.63, 3.8) is 0 Å². The molecule has 6 nitrogen and oxygen atoms in total. The van der Waals surface area contributed by atoms with Gasteiger partial charge in [-0.2, -0.15) is 0 Å². The summed E-state index contributed by atoms with van der Waals surface area (Å²) in [4.78, 5) is 32.6. The summed E-state index contributed by atoms with van der Waals surface area (Å²) in [6.45, 7) is 0. The molecule has 3 N–H and O–H groups in total. The fourth-order valence-corrected chi connectivity index (χ4v) is 1.38. The minimum Gasteiger partial charge on any atom is -0.481 e. The second-order valence-corrected chi connectivity index (χ2v) is 3.89. The van der Waals surface area contributed by atoms with Crippen molar-refractivity contribution in [2.45, 2.75) is 12.5 Å². The smallest absolute Gasteiger partial charge is 0.326 e. The lowest BCUT2D eigenvalue weighted by Crippen LogP contribution is -2.41. The number of nitrogens with one attached hydrogen (secondary N) is 1. The van der Waals surface area contributed by atoms with Gasteiger partial charge in [-0.15, -0.1) is 0 Å². The van der Waals surface area contributed by atoms with Gasteiger partial charge in [0.2, 0.25) is 5.91 Å². The van der Waals surface area contributed by atoms with Crippen LogP contribution in [0.2, 0.25) is 0 Å². The van der Waals surface area contributed by atoms with Gasteiger partial charge in [-0.25, -0.2) is 9.18 Å². The van der Waals surface area contributed by atoms with Gasteiger partial charge >= 0.3 is 11.9 Å². The molecule has 0 spiro atoms. The predicted octanol–water partition coefficient (Wildman–Crippen LogP) is 0.883. The van der Waals surface area contributed by atoms with Crippen LogP contribution >= 0.6 is 0 Å². The van der Waals surface area contributed by atoms with E-state index in [2.05, 4.69) is 0 Å². The molecule has 1 atom stereocenters. The Morgan fingerprint density at radius 2 is 2.00 bits per heavy atom. The van der Waals surface area contributed by atoms with Gasteiger partial charge in [-0.3, -0.25) is 9.59 Å². The molecule has 20 heavy (non-hydrogen) atoms. The van der Waals surface area contributed by atoms with Crippen molar-refractivity contribution in [3.8, 4) is 0 Å². The van der Waals surface area contributed by atoms with Gasteiger partial charge in [0.05, 0.1) is 6.42 Å². The number of carboxylic acids is 2. The van der Waals surface area contributed by atoms with E-state index in [9.17, 15) is 18.8 Å². The van der Waals surface area contributed by atoms with Crippen molar-refractivity contribution >= 4 is 23.9 Å². The Hall–Kier alpha value is -2.70. The van der Waals surface area contributed by atoms with E-state index >= 15 is 0 Å². The predicted molar refractivity (Wildman–Crippen MR) is 67.3 cm³/mol. The second kappa shape index (κ2) is 7.03. The van der Waals surface area contributed by atoms with Crippen molar-refractivity contribution in [1.29, 1.82) is 0 Å². The molecule has 1 amide bonds. The Labute approximate surface area is 113 Å². The Bertz CT molecular complexity index is 555. The zero-order chi connectivity index (χ0) is 15.1. The van der Waals surface area contributed by atoms with Gasteiger partial charge in [-0.05, 0) is 23.8 Å². The number of rotatable bonds is 6. The van der Waals surface area contributed by atoms with E-state index in [4.69, 9.17) is 10.2 Å². The van der Waals surface area contributed by atoms with E-state index < -0.39 is 36.1 Å². The maximum Gasteiger partial charge on any atom is 0.326 e. The highest BCUT2D eigenvalue weighted by molar-refractivity contribution is 5.95. The lowest BCUT2D eigenvalue weighted by Gasteiger charge is -2.10. The summed E-state index contributed by atoms with van der Waals surface area (Å²) in [6, 6.07) is 3.92. The van der Waals surface area contributed by atoms with E-state index in [0.29, 0.717) is 5.56 Å². The van der Waals surface area contributed by atoms with Crippen LogP contribution in [0.5, 0.6) is 0 Å². The quantitative estimate of drug-likeness (QED) is 0.672. The Morgan fingerprint density at radius 1 is 1.30 bits per heavy atom. The molecular weight excluding hydrogens is 269 g/mol. The number of carboxylic acid groups (broad SMARTS) is 2. The Morgan fingerprint density at radius 3 is 2.55 bits per heavy atom. The third-order valence-electron chi connectivity index (χ3n) is 2.27. The SMILES string of the molecule is O=C(O)CC(NC(=O)/C=C/c1cccc(F)c1)C(=O)O. The summed E-state index contributed by atoms with van der Waals surface area (Å²) in [6.07, 6.45) is 1.57. The number of hydrogen-bond acceptors (Lipinski definition) is 3. The molecule has 106 valence electrons. The molecule has 0 saturated heterocycles. The van der Waals surface area contributed by atoms with E-state index in [1.807, 2.05) is 5.32 Å². The second-order valence-electron chi connectivity index (χ2n) is 3.89. The molecule has 1 aromatic carbocycles. The molecule has 0 aliphatic carbocycles. The highest BCUT2D eigenvalue weighted by atomic mass is 19.1. The van der Waals surface area contributed by atoms with E-state index in [1.165, 1.54) is 24.3 Å². The molecule has 0 aliphatic heterocycles. The summed E-state index contributed by atoms with van der Waals surface area (Å²) < 4.78 is 12.9. The first kappa shape index (κ1) is 15.4. The molecule has 1 rings (SSSR count). The molecule has 0 aliphatic rings. The van der Waals surface area contributed by atoms with E-state index in [-0.39, 0.29) is 0 Å². The molecule has 1 aromatic rings. The zero-order valence-corrected chi connectivity index (χ0v) is 10.2. The van der Waals surface area contributed by atoms with Crippen LogP contribution in [-0.2, 0) is 14.4 Å². The molecule has 0 fully saturated rings. The first-order chi connectivity index (χ1) is 9.38. The van der Waals surface area contributed by atoms with Gasteiger partial charge in [-0.1, -0.05) is 12.1 Å². The Kier molecular flexibility index (Phi) is 5.40. The maximum atomic E-state index is 12.9. The van der Waals surface area contributed by atoms with Crippen molar-refractivity contribution in [2.75, 3.05) is 0 Å². The van der Waals surface area contributed by atoms with Crippen LogP contribution in [0.15, 0.2) is 30.3 Å². The van der Waals surface area contributed by atoms with Crippen molar-refractivity contribution in [2.24, 2.45) is 0 Å². The number of carbonyl (C=O) groups excluding carboxylic acids is 1. The lowest BCUT2D eigenvalue weighted by atomic mass is 10.2. The summed E-state index contributed by atoms with van der Waals surface area (Å²) in [5.74, 6) is -4.03. The van der Waals surface area contributed by atoms with Crippen LogP contribution in [-0.4, -0.2) is 34.1 Å². The van der Waals surface area contributed by atoms with E-state index in [0.717, 1.165) is 6.08 Å². The van der Waals surface area contributed by atoms with Gasteiger partial charge in [0, 0.05) is 6.08 Å². The molecule has 0 bridgehead atoms. The number of aliphatic carboxylic acids is 2. The van der Waals surface area contributed by atoms with Gasteiger partial charge in [0.1, 0.15) is 11.9 Å². The zero-order valence-electron chi connectivity index (χ0n) is 10.2.